The van der Waals surface area contributed by atoms with Crippen LogP contribution in [-0.2, 0) is 4.79 Å². The molecule has 4 nitrogen and oxygen atoms in total. The number of halogens is 1. The third-order valence-corrected chi connectivity index (χ3v) is 5.62. The number of rotatable bonds is 5. The predicted molar refractivity (Wildman–Crippen MR) is 87.2 cm³/mol. The van der Waals surface area contributed by atoms with E-state index in [0.717, 1.165) is 19.9 Å². The van der Waals surface area contributed by atoms with Crippen molar-refractivity contribution >= 4 is 58.1 Å². The summed E-state index contributed by atoms with van der Waals surface area (Å²) in [6, 6.07) is 5.38. The summed E-state index contributed by atoms with van der Waals surface area (Å²) in [4.78, 5) is 11.9. The SMILES string of the molecule is CSc1nnc(SCC(=O)Nc2ccc(Cl)cc2C)s1. The van der Waals surface area contributed by atoms with Crippen LogP contribution in [0.2, 0.25) is 5.02 Å². The van der Waals surface area contributed by atoms with Crippen LogP contribution in [0.3, 0.4) is 0 Å². The molecule has 1 N–H and O–H groups in total. The summed E-state index contributed by atoms with van der Waals surface area (Å²) in [7, 11) is 0. The Morgan fingerprint density at radius 2 is 2.15 bits per heavy atom. The number of nitrogens with zero attached hydrogens (tertiary/aromatic N) is 2. The van der Waals surface area contributed by atoms with Crippen LogP contribution < -0.4 is 5.32 Å². The van der Waals surface area contributed by atoms with E-state index in [1.165, 1.54) is 23.1 Å². The number of aryl methyl sites for hydroxylation is 1. The zero-order valence-corrected chi connectivity index (χ0v) is 14.0. The van der Waals surface area contributed by atoms with E-state index in [-0.39, 0.29) is 5.91 Å². The van der Waals surface area contributed by atoms with Gasteiger partial charge in [0.05, 0.1) is 5.75 Å². The number of benzene rings is 1. The number of hydrogen-bond acceptors (Lipinski definition) is 6. The Morgan fingerprint density at radius 3 is 2.80 bits per heavy atom. The minimum Gasteiger partial charge on any atom is -0.325 e. The molecule has 0 saturated carbocycles. The lowest BCUT2D eigenvalue weighted by atomic mass is 10.2. The first kappa shape index (κ1) is 15.6. The first-order valence-corrected chi connectivity index (χ1v) is 9.05. The highest BCUT2D eigenvalue weighted by Crippen LogP contribution is 2.27. The number of anilines is 1. The van der Waals surface area contributed by atoms with E-state index in [4.69, 9.17) is 11.6 Å². The minimum atomic E-state index is -0.0682. The van der Waals surface area contributed by atoms with Crippen molar-refractivity contribution in [1.29, 1.82) is 0 Å². The molecule has 0 saturated heterocycles. The molecule has 0 aliphatic rings. The monoisotopic (exact) mass is 345 g/mol. The summed E-state index contributed by atoms with van der Waals surface area (Å²) in [6.45, 7) is 1.91. The number of amides is 1. The molecule has 0 unspecified atom stereocenters. The summed E-state index contributed by atoms with van der Waals surface area (Å²) >= 11 is 10.3. The number of carbonyl (C=O) groups excluding carboxylic acids is 1. The van der Waals surface area contributed by atoms with Crippen LogP contribution in [-0.4, -0.2) is 28.1 Å². The fourth-order valence-electron chi connectivity index (χ4n) is 1.42. The number of hydrogen-bond donors (Lipinski definition) is 1. The number of aromatic nitrogens is 2. The van der Waals surface area contributed by atoms with E-state index >= 15 is 0 Å². The average Bonchev–Trinajstić information content (AvgIpc) is 2.88. The summed E-state index contributed by atoms with van der Waals surface area (Å²) in [6.07, 6.45) is 1.95. The Labute approximate surface area is 134 Å². The van der Waals surface area contributed by atoms with E-state index in [9.17, 15) is 4.79 Å². The molecule has 0 fully saturated rings. The van der Waals surface area contributed by atoms with Crippen LogP contribution in [0.4, 0.5) is 5.69 Å². The van der Waals surface area contributed by atoms with Crippen LogP contribution in [0, 0.1) is 6.92 Å². The largest absolute Gasteiger partial charge is 0.325 e. The topological polar surface area (TPSA) is 54.9 Å². The predicted octanol–water partition coefficient (Wildman–Crippen LogP) is 3.95. The van der Waals surface area contributed by atoms with Crippen LogP contribution in [0.5, 0.6) is 0 Å². The van der Waals surface area contributed by atoms with E-state index in [1.807, 2.05) is 19.2 Å². The highest BCUT2D eigenvalue weighted by Gasteiger charge is 2.09. The van der Waals surface area contributed by atoms with Gasteiger partial charge in [-0.05, 0) is 36.9 Å². The second kappa shape index (κ2) is 7.31. The lowest BCUT2D eigenvalue weighted by molar-refractivity contribution is -0.113. The molecular formula is C12H12ClN3OS3. The molecule has 106 valence electrons. The normalized spacial score (nSPS) is 10.6. The molecule has 0 aliphatic heterocycles. The van der Waals surface area contributed by atoms with Crippen LogP contribution in [0.1, 0.15) is 5.56 Å². The molecule has 2 aromatic rings. The Balaban J connectivity index is 1.89. The zero-order valence-electron chi connectivity index (χ0n) is 10.8. The van der Waals surface area contributed by atoms with Crippen molar-refractivity contribution in [1.82, 2.24) is 10.2 Å². The molecule has 20 heavy (non-hydrogen) atoms. The van der Waals surface area contributed by atoms with Crippen molar-refractivity contribution in [3.05, 3.63) is 28.8 Å². The number of thioether (sulfide) groups is 2. The maximum atomic E-state index is 11.9. The van der Waals surface area contributed by atoms with Gasteiger partial charge >= 0.3 is 0 Å². The van der Waals surface area contributed by atoms with Gasteiger partial charge in [0.2, 0.25) is 5.91 Å². The van der Waals surface area contributed by atoms with Crippen LogP contribution in [0.15, 0.2) is 26.9 Å². The summed E-state index contributed by atoms with van der Waals surface area (Å²) in [5.74, 6) is 0.242. The molecule has 1 aromatic carbocycles. The van der Waals surface area contributed by atoms with Crippen molar-refractivity contribution in [2.75, 3.05) is 17.3 Å². The van der Waals surface area contributed by atoms with Gasteiger partial charge in [-0.3, -0.25) is 4.79 Å². The van der Waals surface area contributed by atoms with Gasteiger partial charge in [0.25, 0.3) is 0 Å². The molecule has 8 heteroatoms. The van der Waals surface area contributed by atoms with Crippen LogP contribution in [0.25, 0.3) is 0 Å². The zero-order chi connectivity index (χ0) is 14.5. The Bertz CT molecular complexity index is 618. The smallest absolute Gasteiger partial charge is 0.234 e. The van der Waals surface area contributed by atoms with Gasteiger partial charge in [-0.15, -0.1) is 10.2 Å². The lowest BCUT2D eigenvalue weighted by Crippen LogP contribution is -2.14. The first-order chi connectivity index (χ1) is 9.58. The van der Waals surface area contributed by atoms with Gasteiger partial charge in [0.15, 0.2) is 8.68 Å². The third-order valence-electron chi connectivity index (χ3n) is 2.35. The quantitative estimate of drug-likeness (QED) is 0.831. The minimum absolute atomic E-state index is 0.0682. The molecule has 0 atom stereocenters. The number of nitrogens with one attached hydrogen (secondary N) is 1. The maximum absolute atomic E-state index is 11.9. The molecule has 0 spiro atoms. The highest BCUT2D eigenvalue weighted by atomic mass is 35.5. The highest BCUT2D eigenvalue weighted by molar-refractivity contribution is 8.03. The van der Waals surface area contributed by atoms with Gasteiger partial charge in [-0.2, -0.15) is 0 Å². The molecule has 1 heterocycles. The van der Waals surface area contributed by atoms with Crippen LogP contribution >= 0.6 is 46.5 Å². The Kier molecular flexibility index (Phi) is 5.71. The third kappa shape index (κ3) is 4.37. The van der Waals surface area contributed by atoms with Crippen molar-refractivity contribution in [3.8, 4) is 0 Å². The maximum Gasteiger partial charge on any atom is 0.234 e. The van der Waals surface area contributed by atoms with Gasteiger partial charge in [-0.1, -0.05) is 46.5 Å². The Hall–Kier alpha value is -0.760. The summed E-state index contributed by atoms with van der Waals surface area (Å²) in [5.41, 5.74) is 1.72. The van der Waals surface area contributed by atoms with E-state index in [1.54, 1.807) is 23.9 Å². The van der Waals surface area contributed by atoms with Crippen molar-refractivity contribution in [2.24, 2.45) is 0 Å². The molecule has 1 amide bonds. The Morgan fingerprint density at radius 1 is 1.40 bits per heavy atom. The molecule has 0 aliphatic carbocycles. The van der Waals surface area contributed by atoms with E-state index in [2.05, 4.69) is 15.5 Å². The van der Waals surface area contributed by atoms with Gasteiger partial charge in [0, 0.05) is 10.7 Å². The van der Waals surface area contributed by atoms with Gasteiger partial charge in [0.1, 0.15) is 0 Å². The van der Waals surface area contributed by atoms with E-state index in [0.29, 0.717) is 10.8 Å². The molecule has 0 bridgehead atoms. The number of carbonyl (C=O) groups is 1. The summed E-state index contributed by atoms with van der Waals surface area (Å²) in [5, 5.41) is 11.5. The van der Waals surface area contributed by atoms with Crippen molar-refractivity contribution in [2.45, 2.75) is 15.6 Å². The molecule has 2 rings (SSSR count). The van der Waals surface area contributed by atoms with Gasteiger partial charge < -0.3 is 5.32 Å². The second-order valence-electron chi connectivity index (χ2n) is 3.83. The fraction of sp³-hybridized carbons (Fsp3) is 0.250. The fourth-order valence-corrected chi connectivity index (χ4v) is 3.88. The summed E-state index contributed by atoms with van der Waals surface area (Å²) < 4.78 is 1.71. The second-order valence-corrected chi connectivity index (χ2v) is 7.52. The first-order valence-electron chi connectivity index (χ1n) is 5.65. The van der Waals surface area contributed by atoms with Gasteiger partial charge in [-0.25, -0.2) is 0 Å². The van der Waals surface area contributed by atoms with Crippen molar-refractivity contribution < 1.29 is 4.79 Å². The molecule has 0 radical (unpaired) electrons. The standard InChI is InChI=1S/C12H12ClN3OS3/c1-7-5-8(13)3-4-9(7)14-10(17)6-19-12-16-15-11(18-2)20-12/h3-5H,6H2,1-2H3,(H,14,17). The van der Waals surface area contributed by atoms with E-state index < -0.39 is 0 Å². The molecule has 1 aromatic heterocycles. The van der Waals surface area contributed by atoms with Crippen molar-refractivity contribution in [3.63, 3.8) is 0 Å². The molecular weight excluding hydrogens is 334 g/mol. The average molecular weight is 346 g/mol. The lowest BCUT2D eigenvalue weighted by Gasteiger charge is -2.07.